The van der Waals surface area contributed by atoms with Crippen LogP contribution >= 0.6 is 0 Å². The smallest absolute Gasteiger partial charge is 0.145 e. The van der Waals surface area contributed by atoms with Crippen LogP contribution in [0, 0.1) is 11.3 Å². The number of carbonyl (C=O) groups excluding carboxylic acids is 1. The third-order valence-corrected chi connectivity index (χ3v) is 8.17. The Bertz CT molecular complexity index is 984. The van der Waals surface area contributed by atoms with Crippen LogP contribution in [0.25, 0.3) is 16.7 Å². The van der Waals surface area contributed by atoms with Crippen LogP contribution in [0.1, 0.15) is 56.6 Å². The largest absolute Gasteiger partial charge is 0.299 e. The van der Waals surface area contributed by atoms with Crippen molar-refractivity contribution in [2.24, 2.45) is 11.3 Å². The number of ketones is 1. The zero-order valence-electron chi connectivity index (χ0n) is 18.6. The van der Waals surface area contributed by atoms with Crippen molar-refractivity contribution in [2.45, 2.75) is 57.4 Å². The molecule has 3 aliphatic carbocycles. The molecule has 0 amide bonds. The highest BCUT2D eigenvalue weighted by Crippen LogP contribution is 2.66. The SMILES string of the molecule is CCCc1ccc(-c2ccc(C3=C[C@@]45CCCC[C@@H]4[C@]3(N(C)C)CC5=O)cc2)cc1. The first-order valence-corrected chi connectivity index (χ1v) is 11.6. The molecule has 0 aromatic heterocycles. The average Bonchev–Trinajstić information content (AvgIpc) is 3.21. The van der Waals surface area contributed by atoms with Crippen molar-refractivity contribution in [3.8, 4) is 11.1 Å². The van der Waals surface area contributed by atoms with Gasteiger partial charge < -0.3 is 0 Å². The van der Waals surface area contributed by atoms with Gasteiger partial charge in [0.05, 0.1) is 11.0 Å². The zero-order valence-corrected chi connectivity index (χ0v) is 18.6. The van der Waals surface area contributed by atoms with E-state index in [1.54, 1.807) is 0 Å². The van der Waals surface area contributed by atoms with Crippen LogP contribution in [0.4, 0.5) is 0 Å². The number of hydrogen-bond donors (Lipinski definition) is 0. The number of rotatable bonds is 5. The second kappa shape index (κ2) is 7.20. The number of nitrogens with zero attached hydrogens (tertiary/aromatic N) is 1. The highest BCUT2D eigenvalue weighted by Gasteiger charge is 2.68. The van der Waals surface area contributed by atoms with Gasteiger partial charge in [0, 0.05) is 6.42 Å². The molecule has 0 aliphatic heterocycles. The van der Waals surface area contributed by atoms with E-state index in [4.69, 9.17) is 0 Å². The van der Waals surface area contributed by atoms with Gasteiger partial charge in [-0.05, 0) is 67.1 Å². The number of Topliss-reactive ketones (excluding diaryl/α,β-unsaturated/α-hetero) is 1. The van der Waals surface area contributed by atoms with E-state index in [0.717, 1.165) is 12.8 Å². The summed E-state index contributed by atoms with van der Waals surface area (Å²) in [7, 11) is 4.34. The van der Waals surface area contributed by atoms with E-state index in [1.807, 2.05) is 0 Å². The maximum absolute atomic E-state index is 13.1. The quantitative estimate of drug-likeness (QED) is 0.601. The van der Waals surface area contributed by atoms with E-state index >= 15 is 0 Å². The maximum Gasteiger partial charge on any atom is 0.145 e. The van der Waals surface area contributed by atoms with E-state index in [1.165, 1.54) is 53.5 Å². The van der Waals surface area contributed by atoms with Crippen molar-refractivity contribution in [1.29, 1.82) is 0 Å². The molecule has 3 atom stereocenters. The minimum absolute atomic E-state index is 0.124. The maximum atomic E-state index is 13.1. The van der Waals surface area contributed by atoms with E-state index in [2.05, 4.69) is 80.5 Å². The molecule has 2 nitrogen and oxygen atoms in total. The predicted molar refractivity (Wildman–Crippen MR) is 124 cm³/mol. The number of likely N-dealkylation sites (N-methyl/N-ethyl adjacent to an activating group) is 1. The lowest BCUT2D eigenvalue weighted by Crippen LogP contribution is -2.48. The molecule has 2 fully saturated rings. The van der Waals surface area contributed by atoms with Crippen LogP contribution in [0.15, 0.2) is 54.6 Å². The molecule has 2 saturated carbocycles. The number of benzene rings is 2. The van der Waals surface area contributed by atoms with Crippen molar-refractivity contribution in [3.05, 3.63) is 65.7 Å². The number of carbonyl (C=O) groups is 1. The Morgan fingerprint density at radius 2 is 1.57 bits per heavy atom. The molecule has 0 N–H and O–H groups in total. The lowest BCUT2D eigenvalue weighted by atomic mass is 9.68. The zero-order chi connectivity index (χ0) is 20.9. The molecule has 2 heteroatoms. The van der Waals surface area contributed by atoms with Gasteiger partial charge in [0.1, 0.15) is 5.78 Å². The highest BCUT2D eigenvalue weighted by molar-refractivity contribution is 6.01. The summed E-state index contributed by atoms with van der Waals surface area (Å²) < 4.78 is 0. The van der Waals surface area contributed by atoms with Crippen LogP contribution in [0.5, 0.6) is 0 Å². The molecule has 156 valence electrons. The summed E-state index contributed by atoms with van der Waals surface area (Å²) in [5.41, 5.74) is 6.29. The average molecular weight is 400 g/mol. The van der Waals surface area contributed by atoms with Gasteiger partial charge in [0.15, 0.2) is 0 Å². The summed E-state index contributed by atoms with van der Waals surface area (Å²) in [5, 5.41) is 0. The number of allylic oxidation sites excluding steroid dienone is 1. The molecule has 0 saturated heterocycles. The molecular weight excluding hydrogens is 366 g/mol. The fourth-order valence-corrected chi connectivity index (χ4v) is 6.69. The minimum Gasteiger partial charge on any atom is -0.299 e. The van der Waals surface area contributed by atoms with Gasteiger partial charge in [0.25, 0.3) is 0 Å². The molecule has 3 aliphatic rings. The first-order valence-electron chi connectivity index (χ1n) is 11.6. The standard InChI is InChI=1S/C28H33NO/c1-4-7-20-9-11-21(12-10-20)22-13-15-23(16-14-22)24-18-27-17-6-5-8-25(27)28(24,29(2)3)19-26(27)30/h9-16,18,25H,4-8,17,19H2,1-3H3/t25-,27-,28-/m0/s1. The fraction of sp³-hybridized carbons (Fsp3) is 0.464. The van der Waals surface area contributed by atoms with Crippen LogP contribution in [-0.4, -0.2) is 30.3 Å². The summed E-state index contributed by atoms with van der Waals surface area (Å²) in [6, 6.07) is 18.0. The Balaban J connectivity index is 1.50. The van der Waals surface area contributed by atoms with E-state index in [-0.39, 0.29) is 11.0 Å². The third kappa shape index (κ3) is 2.69. The monoisotopic (exact) mass is 399 g/mol. The molecule has 2 aromatic rings. The molecule has 0 spiro atoms. The Hall–Kier alpha value is -2.19. The Morgan fingerprint density at radius 3 is 2.20 bits per heavy atom. The van der Waals surface area contributed by atoms with Gasteiger partial charge >= 0.3 is 0 Å². The molecule has 2 bridgehead atoms. The van der Waals surface area contributed by atoms with E-state index in [0.29, 0.717) is 18.1 Å². The second-order valence-corrected chi connectivity index (χ2v) is 9.84. The summed E-state index contributed by atoms with van der Waals surface area (Å²) in [5.74, 6) is 0.926. The van der Waals surface area contributed by atoms with Crippen molar-refractivity contribution in [2.75, 3.05) is 14.1 Å². The van der Waals surface area contributed by atoms with Gasteiger partial charge in [-0.15, -0.1) is 0 Å². The molecule has 30 heavy (non-hydrogen) atoms. The molecule has 5 rings (SSSR count). The van der Waals surface area contributed by atoms with Crippen molar-refractivity contribution >= 4 is 11.4 Å². The Labute approximate surface area is 181 Å². The van der Waals surface area contributed by atoms with Gasteiger partial charge in [-0.3, -0.25) is 9.69 Å². The summed E-state index contributed by atoms with van der Waals surface area (Å²) in [6.45, 7) is 2.22. The number of aryl methyl sites for hydroxylation is 1. The summed E-state index contributed by atoms with van der Waals surface area (Å²) in [4.78, 5) is 15.5. The van der Waals surface area contributed by atoms with Crippen molar-refractivity contribution in [1.82, 2.24) is 4.90 Å². The third-order valence-electron chi connectivity index (χ3n) is 8.17. The number of hydrogen-bond acceptors (Lipinski definition) is 2. The van der Waals surface area contributed by atoms with Gasteiger partial charge in [-0.1, -0.05) is 80.8 Å². The van der Waals surface area contributed by atoms with Gasteiger partial charge in [-0.25, -0.2) is 0 Å². The van der Waals surface area contributed by atoms with Crippen LogP contribution in [-0.2, 0) is 11.2 Å². The minimum atomic E-state index is -0.203. The fourth-order valence-electron chi connectivity index (χ4n) is 6.69. The first-order chi connectivity index (χ1) is 14.5. The van der Waals surface area contributed by atoms with E-state index < -0.39 is 0 Å². The topological polar surface area (TPSA) is 20.3 Å². The van der Waals surface area contributed by atoms with Crippen LogP contribution in [0.2, 0.25) is 0 Å². The Morgan fingerprint density at radius 1 is 0.933 bits per heavy atom. The van der Waals surface area contributed by atoms with Gasteiger partial charge in [0.2, 0.25) is 0 Å². The van der Waals surface area contributed by atoms with Crippen molar-refractivity contribution < 1.29 is 4.79 Å². The molecule has 0 radical (unpaired) electrons. The normalized spacial score (nSPS) is 29.9. The molecular formula is C28H33NO. The Kier molecular flexibility index (Phi) is 4.74. The molecule has 0 unspecified atom stereocenters. The second-order valence-electron chi connectivity index (χ2n) is 9.84. The van der Waals surface area contributed by atoms with Crippen LogP contribution in [0.3, 0.4) is 0 Å². The lowest BCUT2D eigenvalue weighted by Gasteiger charge is -2.43. The molecule has 2 aromatic carbocycles. The predicted octanol–water partition coefficient (Wildman–Crippen LogP) is 6.15. The van der Waals surface area contributed by atoms with E-state index in [9.17, 15) is 4.79 Å². The lowest BCUT2D eigenvalue weighted by molar-refractivity contribution is -0.125. The summed E-state index contributed by atoms with van der Waals surface area (Å²) in [6.07, 6.45) is 10.0. The molecule has 0 heterocycles. The van der Waals surface area contributed by atoms with Crippen LogP contribution < -0.4 is 0 Å². The highest BCUT2D eigenvalue weighted by atomic mass is 16.1. The van der Waals surface area contributed by atoms with Crippen molar-refractivity contribution in [3.63, 3.8) is 0 Å². The van der Waals surface area contributed by atoms with Gasteiger partial charge in [-0.2, -0.15) is 0 Å². The summed E-state index contributed by atoms with van der Waals surface area (Å²) >= 11 is 0. The first kappa shape index (κ1) is 19.8.